The first kappa shape index (κ1) is 19.7. The Morgan fingerprint density at radius 3 is 2.41 bits per heavy atom. The zero-order valence-electron chi connectivity index (χ0n) is 13.5. The van der Waals surface area contributed by atoms with E-state index in [1.165, 1.54) is 37.8 Å². The Kier molecular flexibility index (Phi) is 8.70. The molecule has 1 saturated carbocycles. The van der Waals surface area contributed by atoms with Gasteiger partial charge in [-0.15, -0.1) is 24.8 Å². The lowest BCUT2D eigenvalue weighted by Gasteiger charge is -2.40. The minimum Gasteiger partial charge on any atom is -0.314 e. The van der Waals surface area contributed by atoms with Gasteiger partial charge in [0.05, 0.1) is 11.7 Å². The molecule has 1 aliphatic heterocycles. The summed E-state index contributed by atoms with van der Waals surface area (Å²) in [5.74, 6) is 0.802. The maximum absolute atomic E-state index is 4.86. The molecule has 0 amide bonds. The Bertz CT molecular complexity index is 412. The fraction of sp³-hybridized carbons (Fsp3) is 0.706. The molecular formula is C17H29Cl2N3. The number of halogens is 2. The summed E-state index contributed by atoms with van der Waals surface area (Å²) in [6.07, 6.45) is 6.98. The van der Waals surface area contributed by atoms with E-state index >= 15 is 0 Å². The van der Waals surface area contributed by atoms with Crippen LogP contribution in [0.4, 0.5) is 0 Å². The van der Waals surface area contributed by atoms with Crippen LogP contribution in [0.5, 0.6) is 0 Å². The second kappa shape index (κ2) is 9.71. The van der Waals surface area contributed by atoms with Crippen LogP contribution in [0.2, 0.25) is 0 Å². The topological polar surface area (TPSA) is 28.2 Å². The molecule has 126 valence electrons. The number of nitrogens with one attached hydrogen (secondary N) is 1. The zero-order valence-corrected chi connectivity index (χ0v) is 15.1. The van der Waals surface area contributed by atoms with Gasteiger partial charge in [0.1, 0.15) is 0 Å². The highest BCUT2D eigenvalue weighted by atomic mass is 35.5. The molecule has 2 heterocycles. The first-order chi connectivity index (χ1) is 9.84. The first-order valence-electron chi connectivity index (χ1n) is 8.23. The van der Waals surface area contributed by atoms with Gasteiger partial charge < -0.3 is 5.32 Å². The van der Waals surface area contributed by atoms with Crippen molar-refractivity contribution in [3.05, 3.63) is 29.6 Å². The van der Waals surface area contributed by atoms with Crippen LogP contribution in [-0.2, 0) is 0 Å². The van der Waals surface area contributed by atoms with Crippen molar-refractivity contribution in [2.75, 3.05) is 26.2 Å². The predicted molar refractivity (Wildman–Crippen MR) is 97.2 cm³/mol. The average Bonchev–Trinajstić information content (AvgIpc) is 2.50. The van der Waals surface area contributed by atoms with Gasteiger partial charge in [-0.05, 0) is 37.8 Å². The molecule has 2 aliphatic rings. The highest BCUT2D eigenvalue weighted by Gasteiger charge is 2.31. The van der Waals surface area contributed by atoms with Crippen molar-refractivity contribution in [2.24, 2.45) is 5.92 Å². The largest absolute Gasteiger partial charge is 0.314 e. The lowest BCUT2D eigenvalue weighted by Crippen LogP contribution is -2.47. The predicted octanol–water partition coefficient (Wildman–Crippen LogP) is 3.76. The number of aromatic nitrogens is 1. The molecule has 0 bridgehead atoms. The molecule has 1 aliphatic carbocycles. The zero-order chi connectivity index (χ0) is 13.8. The molecule has 2 fully saturated rings. The minimum atomic E-state index is 0. The van der Waals surface area contributed by atoms with Crippen LogP contribution in [-0.4, -0.2) is 36.1 Å². The summed E-state index contributed by atoms with van der Waals surface area (Å²) in [5.41, 5.74) is 2.46. The molecule has 1 aromatic heterocycles. The van der Waals surface area contributed by atoms with Gasteiger partial charge in [-0.25, -0.2) is 0 Å². The molecule has 0 aromatic carbocycles. The Hall–Kier alpha value is -0.350. The van der Waals surface area contributed by atoms with Crippen LogP contribution < -0.4 is 5.32 Å². The van der Waals surface area contributed by atoms with E-state index in [-0.39, 0.29) is 24.8 Å². The summed E-state index contributed by atoms with van der Waals surface area (Å²) in [6.45, 7) is 6.68. The third kappa shape index (κ3) is 4.82. The molecule has 1 aromatic rings. The lowest BCUT2D eigenvalue weighted by atomic mass is 9.81. The van der Waals surface area contributed by atoms with Crippen LogP contribution >= 0.6 is 24.8 Å². The van der Waals surface area contributed by atoms with E-state index in [1.807, 2.05) is 0 Å². The summed E-state index contributed by atoms with van der Waals surface area (Å²) in [6, 6.07) is 7.07. The van der Waals surface area contributed by atoms with Gasteiger partial charge in [0.25, 0.3) is 0 Å². The van der Waals surface area contributed by atoms with Crippen molar-refractivity contribution in [1.29, 1.82) is 0 Å². The summed E-state index contributed by atoms with van der Waals surface area (Å²) < 4.78 is 0. The van der Waals surface area contributed by atoms with Gasteiger partial charge in [0.2, 0.25) is 0 Å². The monoisotopic (exact) mass is 345 g/mol. The number of rotatable bonds is 3. The number of piperazine rings is 1. The number of hydrogen-bond donors (Lipinski definition) is 1. The van der Waals surface area contributed by atoms with E-state index in [9.17, 15) is 0 Å². The SMILES string of the molecule is Cc1cccc([C@@H](C2CCCCC2)N2CCNCC2)n1.Cl.Cl. The molecule has 1 N–H and O–H groups in total. The summed E-state index contributed by atoms with van der Waals surface area (Å²) in [4.78, 5) is 7.54. The quantitative estimate of drug-likeness (QED) is 0.903. The normalized spacial score (nSPS) is 21.5. The molecule has 1 saturated heterocycles. The fourth-order valence-corrected chi connectivity index (χ4v) is 3.87. The van der Waals surface area contributed by atoms with E-state index < -0.39 is 0 Å². The first-order valence-corrected chi connectivity index (χ1v) is 8.23. The van der Waals surface area contributed by atoms with Gasteiger partial charge >= 0.3 is 0 Å². The molecule has 3 rings (SSSR count). The van der Waals surface area contributed by atoms with Gasteiger partial charge in [0.15, 0.2) is 0 Å². The van der Waals surface area contributed by atoms with Gasteiger partial charge in [-0.1, -0.05) is 25.3 Å². The van der Waals surface area contributed by atoms with E-state index in [0.29, 0.717) is 6.04 Å². The second-order valence-electron chi connectivity index (χ2n) is 6.33. The third-order valence-electron chi connectivity index (χ3n) is 4.85. The molecule has 1 atom stereocenters. The van der Waals surface area contributed by atoms with E-state index in [0.717, 1.165) is 37.8 Å². The summed E-state index contributed by atoms with van der Waals surface area (Å²) >= 11 is 0. The maximum atomic E-state index is 4.86. The highest BCUT2D eigenvalue weighted by Crippen LogP contribution is 2.37. The van der Waals surface area contributed by atoms with Crippen molar-refractivity contribution in [3.8, 4) is 0 Å². The van der Waals surface area contributed by atoms with Crippen molar-refractivity contribution in [2.45, 2.75) is 45.1 Å². The minimum absolute atomic E-state index is 0. The molecular weight excluding hydrogens is 317 g/mol. The maximum Gasteiger partial charge on any atom is 0.0581 e. The molecule has 0 unspecified atom stereocenters. The van der Waals surface area contributed by atoms with Crippen molar-refractivity contribution >= 4 is 24.8 Å². The van der Waals surface area contributed by atoms with Gasteiger partial charge in [-0.2, -0.15) is 0 Å². The number of hydrogen-bond acceptors (Lipinski definition) is 3. The number of nitrogens with zero attached hydrogens (tertiary/aromatic N) is 2. The Labute approximate surface area is 147 Å². The summed E-state index contributed by atoms with van der Waals surface area (Å²) in [7, 11) is 0. The van der Waals surface area contributed by atoms with Crippen LogP contribution in [0.25, 0.3) is 0 Å². The Morgan fingerprint density at radius 1 is 1.09 bits per heavy atom. The van der Waals surface area contributed by atoms with Crippen LogP contribution in [0, 0.1) is 12.8 Å². The average molecular weight is 346 g/mol. The number of pyridine rings is 1. The van der Waals surface area contributed by atoms with E-state index in [2.05, 4.69) is 35.3 Å². The molecule has 5 heteroatoms. The number of aryl methyl sites for hydroxylation is 1. The molecule has 3 nitrogen and oxygen atoms in total. The van der Waals surface area contributed by atoms with Gasteiger partial charge in [0, 0.05) is 31.9 Å². The smallest absolute Gasteiger partial charge is 0.0581 e. The highest BCUT2D eigenvalue weighted by molar-refractivity contribution is 5.85. The van der Waals surface area contributed by atoms with E-state index in [4.69, 9.17) is 4.98 Å². The second-order valence-corrected chi connectivity index (χ2v) is 6.33. The lowest BCUT2D eigenvalue weighted by molar-refractivity contribution is 0.100. The van der Waals surface area contributed by atoms with Crippen LogP contribution in [0.15, 0.2) is 18.2 Å². The Balaban J connectivity index is 0.00000121. The van der Waals surface area contributed by atoms with Crippen molar-refractivity contribution < 1.29 is 0 Å². The molecule has 22 heavy (non-hydrogen) atoms. The van der Waals surface area contributed by atoms with Crippen LogP contribution in [0.3, 0.4) is 0 Å². The standard InChI is InChI=1S/C17H27N3.2ClH/c1-14-6-5-9-16(19-14)17(15-7-3-2-4-8-15)20-12-10-18-11-13-20;;/h5-6,9,15,17-18H,2-4,7-8,10-13H2,1H3;2*1H/t17-;;/m1../s1. The van der Waals surface area contributed by atoms with Crippen molar-refractivity contribution in [3.63, 3.8) is 0 Å². The molecule has 0 spiro atoms. The Morgan fingerprint density at radius 2 is 1.77 bits per heavy atom. The van der Waals surface area contributed by atoms with E-state index in [1.54, 1.807) is 0 Å². The van der Waals surface area contributed by atoms with Gasteiger partial charge in [-0.3, -0.25) is 9.88 Å². The molecule has 0 radical (unpaired) electrons. The fourth-order valence-electron chi connectivity index (χ4n) is 3.87. The summed E-state index contributed by atoms with van der Waals surface area (Å²) in [5, 5.41) is 3.47. The third-order valence-corrected chi connectivity index (χ3v) is 4.85. The van der Waals surface area contributed by atoms with Crippen LogP contribution in [0.1, 0.15) is 49.5 Å². The van der Waals surface area contributed by atoms with Crippen molar-refractivity contribution in [1.82, 2.24) is 15.2 Å².